The van der Waals surface area contributed by atoms with Crippen LogP contribution in [0.15, 0.2) is 24.3 Å². The second kappa shape index (κ2) is 4.41. The van der Waals surface area contributed by atoms with Crippen LogP contribution in [0.2, 0.25) is 0 Å². The van der Waals surface area contributed by atoms with E-state index in [0.29, 0.717) is 0 Å². The minimum Gasteiger partial charge on any atom is -0.476 e. The Labute approximate surface area is 106 Å². The highest BCUT2D eigenvalue weighted by Gasteiger charge is 2.24. The number of rotatable bonds is 3. The third-order valence-electron chi connectivity index (χ3n) is 2.43. The van der Waals surface area contributed by atoms with E-state index < -0.39 is 23.4 Å². The van der Waals surface area contributed by atoms with Crippen molar-refractivity contribution >= 4 is 17.6 Å². The number of aromatic nitrogens is 2. The van der Waals surface area contributed by atoms with Crippen molar-refractivity contribution in [2.45, 2.75) is 0 Å². The van der Waals surface area contributed by atoms with Crippen LogP contribution in [0.25, 0.3) is 5.69 Å². The van der Waals surface area contributed by atoms with Crippen molar-refractivity contribution in [2.75, 3.05) is 5.73 Å². The van der Waals surface area contributed by atoms with Crippen LogP contribution in [-0.4, -0.2) is 26.8 Å². The van der Waals surface area contributed by atoms with Crippen molar-refractivity contribution in [1.82, 2.24) is 9.78 Å². The zero-order valence-corrected chi connectivity index (χ0v) is 9.50. The number of halogens is 1. The summed E-state index contributed by atoms with van der Waals surface area (Å²) in [4.78, 5) is 22.3. The van der Waals surface area contributed by atoms with E-state index in [4.69, 9.17) is 16.6 Å². The van der Waals surface area contributed by atoms with Gasteiger partial charge >= 0.3 is 5.97 Å². The molecule has 1 aromatic carbocycles. The molecule has 0 fully saturated rings. The topological polar surface area (TPSA) is 124 Å². The average Bonchev–Trinajstić information content (AvgIpc) is 2.68. The number of anilines is 1. The second-order valence-electron chi connectivity index (χ2n) is 3.67. The fourth-order valence-corrected chi connectivity index (χ4v) is 1.59. The smallest absolute Gasteiger partial charge is 0.356 e. The second-order valence-corrected chi connectivity index (χ2v) is 3.67. The van der Waals surface area contributed by atoms with Crippen molar-refractivity contribution < 1.29 is 19.1 Å². The lowest BCUT2D eigenvalue weighted by Gasteiger charge is -2.04. The number of carboxylic acid groups (broad SMARTS) is 1. The normalized spacial score (nSPS) is 10.4. The molecular formula is C11H9FN4O3. The summed E-state index contributed by atoms with van der Waals surface area (Å²) in [6.07, 6.45) is 0. The Balaban J connectivity index is 2.68. The molecule has 0 aliphatic carbocycles. The maximum Gasteiger partial charge on any atom is 0.356 e. The number of amides is 1. The number of nitrogens with zero attached hydrogens (tertiary/aromatic N) is 2. The quantitative estimate of drug-likeness (QED) is 0.739. The van der Waals surface area contributed by atoms with E-state index in [1.165, 1.54) is 12.1 Å². The van der Waals surface area contributed by atoms with E-state index in [-0.39, 0.29) is 17.1 Å². The molecule has 8 heteroatoms. The summed E-state index contributed by atoms with van der Waals surface area (Å²) >= 11 is 0. The molecular weight excluding hydrogens is 255 g/mol. The Morgan fingerprint density at radius 3 is 2.32 bits per heavy atom. The van der Waals surface area contributed by atoms with Gasteiger partial charge in [0.1, 0.15) is 5.82 Å². The summed E-state index contributed by atoms with van der Waals surface area (Å²) < 4.78 is 13.8. The monoisotopic (exact) mass is 264 g/mol. The maximum absolute atomic E-state index is 12.8. The summed E-state index contributed by atoms with van der Waals surface area (Å²) in [6, 6.07) is 4.86. The van der Waals surface area contributed by atoms with E-state index in [2.05, 4.69) is 5.10 Å². The minimum absolute atomic E-state index is 0.248. The van der Waals surface area contributed by atoms with Gasteiger partial charge in [0, 0.05) is 0 Å². The van der Waals surface area contributed by atoms with Gasteiger partial charge in [-0.1, -0.05) is 0 Å². The number of benzene rings is 1. The maximum atomic E-state index is 12.8. The summed E-state index contributed by atoms with van der Waals surface area (Å²) in [5.74, 6) is -2.81. The molecule has 5 N–H and O–H groups in total. The zero-order valence-electron chi connectivity index (χ0n) is 9.50. The highest BCUT2D eigenvalue weighted by atomic mass is 19.1. The standard InChI is InChI=1S/C11H9FN4O3/c12-5-1-3-6(4-2-5)16-9(11(18)19)7(13)8(15-16)10(14)17/h1-4H,13H2,(H2,14,17)(H,18,19). The molecule has 0 bridgehead atoms. The van der Waals surface area contributed by atoms with Gasteiger partial charge in [-0.2, -0.15) is 5.10 Å². The van der Waals surface area contributed by atoms with Gasteiger partial charge in [0.25, 0.3) is 5.91 Å². The van der Waals surface area contributed by atoms with Crippen LogP contribution >= 0.6 is 0 Å². The first-order valence-corrected chi connectivity index (χ1v) is 5.09. The number of hydrogen-bond donors (Lipinski definition) is 3. The van der Waals surface area contributed by atoms with E-state index in [1.807, 2.05) is 0 Å². The average molecular weight is 264 g/mol. The van der Waals surface area contributed by atoms with Crippen molar-refractivity contribution in [3.63, 3.8) is 0 Å². The molecule has 0 unspecified atom stereocenters. The summed E-state index contributed by atoms with van der Waals surface area (Å²) in [7, 11) is 0. The first-order chi connectivity index (χ1) is 8.91. The Bertz CT molecular complexity index is 663. The van der Waals surface area contributed by atoms with Gasteiger partial charge in [-0.05, 0) is 24.3 Å². The predicted molar refractivity (Wildman–Crippen MR) is 63.4 cm³/mol. The molecule has 2 rings (SSSR count). The van der Waals surface area contributed by atoms with Crippen LogP contribution < -0.4 is 11.5 Å². The summed E-state index contributed by atoms with van der Waals surface area (Å²) in [5, 5.41) is 12.8. The largest absolute Gasteiger partial charge is 0.476 e. The van der Waals surface area contributed by atoms with Crippen molar-refractivity contribution in [3.05, 3.63) is 41.5 Å². The third kappa shape index (κ3) is 2.10. The fraction of sp³-hybridized carbons (Fsp3) is 0. The molecule has 1 amide bonds. The molecule has 1 heterocycles. The van der Waals surface area contributed by atoms with Gasteiger partial charge in [-0.15, -0.1) is 0 Å². The Hall–Kier alpha value is -2.90. The third-order valence-corrected chi connectivity index (χ3v) is 2.43. The first-order valence-electron chi connectivity index (χ1n) is 5.09. The molecule has 0 saturated carbocycles. The van der Waals surface area contributed by atoms with Crippen LogP contribution in [0.4, 0.5) is 10.1 Å². The molecule has 0 aliphatic heterocycles. The van der Waals surface area contributed by atoms with Crippen molar-refractivity contribution in [3.8, 4) is 5.69 Å². The van der Waals surface area contributed by atoms with Crippen LogP contribution in [0, 0.1) is 5.82 Å². The van der Waals surface area contributed by atoms with Gasteiger partial charge < -0.3 is 16.6 Å². The molecule has 7 nitrogen and oxygen atoms in total. The minimum atomic E-state index is -1.37. The zero-order chi connectivity index (χ0) is 14.2. The number of carboxylic acids is 1. The Morgan fingerprint density at radius 2 is 1.84 bits per heavy atom. The van der Waals surface area contributed by atoms with Crippen molar-refractivity contribution in [2.24, 2.45) is 5.73 Å². The molecule has 0 radical (unpaired) electrons. The van der Waals surface area contributed by atoms with E-state index in [9.17, 15) is 14.0 Å². The van der Waals surface area contributed by atoms with Crippen LogP contribution in [0.3, 0.4) is 0 Å². The molecule has 0 atom stereocenters. The number of nitrogens with two attached hydrogens (primary N) is 2. The van der Waals surface area contributed by atoms with E-state index >= 15 is 0 Å². The lowest BCUT2D eigenvalue weighted by Crippen LogP contribution is -2.14. The molecule has 1 aromatic heterocycles. The molecule has 0 saturated heterocycles. The Kier molecular flexibility index (Phi) is 2.91. The Morgan fingerprint density at radius 1 is 1.26 bits per heavy atom. The fourth-order valence-electron chi connectivity index (χ4n) is 1.59. The summed E-state index contributed by atoms with van der Waals surface area (Å²) in [6.45, 7) is 0. The van der Waals surface area contributed by atoms with Crippen LogP contribution in [0.1, 0.15) is 21.0 Å². The highest BCUT2D eigenvalue weighted by Crippen LogP contribution is 2.21. The number of aromatic carboxylic acids is 1. The lowest BCUT2D eigenvalue weighted by molar-refractivity contribution is 0.0688. The summed E-state index contributed by atoms with van der Waals surface area (Å²) in [5.41, 5.74) is 9.76. The van der Waals surface area contributed by atoms with Crippen LogP contribution in [-0.2, 0) is 0 Å². The van der Waals surface area contributed by atoms with Gasteiger partial charge in [-0.25, -0.2) is 13.9 Å². The van der Waals surface area contributed by atoms with Gasteiger partial charge in [-0.3, -0.25) is 4.79 Å². The van der Waals surface area contributed by atoms with Crippen LogP contribution in [0.5, 0.6) is 0 Å². The number of nitrogen functional groups attached to an aromatic ring is 1. The number of hydrogen-bond acceptors (Lipinski definition) is 4. The number of carbonyl (C=O) groups is 2. The van der Waals surface area contributed by atoms with Crippen molar-refractivity contribution in [1.29, 1.82) is 0 Å². The number of carbonyl (C=O) groups excluding carboxylic acids is 1. The first kappa shape index (κ1) is 12.6. The van der Waals surface area contributed by atoms with Gasteiger partial charge in [0.05, 0.1) is 11.4 Å². The molecule has 2 aromatic rings. The van der Waals surface area contributed by atoms with E-state index in [1.54, 1.807) is 0 Å². The molecule has 0 aliphatic rings. The highest BCUT2D eigenvalue weighted by molar-refractivity contribution is 6.02. The van der Waals surface area contributed by atoms with Gasteiger partial charge in [0.2, 0.25) is 0 Å². The van der Waals surface area contributed by atoms with E-state index in [0.717, 1.165) is 16.8 Å². The molecule has 19 heavy (non-hydrogen) atoms. The molecule has 98 valence electrons. The number of primary amides is 1. The predicted octanol–water partition coefficient (Wildman–Crippen LogP) is 0.391. The lowest BCUT2D eigenvalue weighted by atomic mass is 10.2. The molecule has 0 spiro atoms. The SMILES string of the molecule is NC(=O)c1nn(-c2ccc(F)cc2)c(C(=O)O)c1N. The van der Waals surface area contributed by atoms with Gasteiger partial charge in [0.15, 0.2) is 11.4 Å².